The fourth-order valence-corrected chi connectivity index (χ4v) is 5.72. The lowest BCUT2D eigenvalue weighted by Gasteiger charge is -2.39. The lowest BCUT2D eigenvalue weighted by Crippen LogP contribution is -2.43. The highest BCUT2D eigenvalue weighted by molar-refractivity contribution is 6.30. The molecule has 8 nitrogen and oxygen atoms in total. The van der Waals surface area contributed by atoms with Crippen LogP contribution in [0.25, 0.3) is 5.69 Å². The molecule has 1 spiro atoms. The summed E-state index contributed by atoms with van der Waals surface area (Å²) in [5.74, 6) is 1.11. The van der Waals surface area contributed by atoms with Gasteiger partial charge in [-0.25, -0.2) is 9.18 Å². The van der Waals surface area contributed by atoms with Crippen molar-refractivity contribution in [2.75, 3.05) is 18.0 Å². The predicted octanol–water partition coefficient (Wildman–Crippen LogP) is 5.34. The first-order valence-electron chi connectivity index (χ1n) is 12.5. The number of piperidine rings is 1. The number of nitrogens with zero attached hydrogens (tertiary/aromatic N) is 5. The number of aromatic nitrogens is 3. The third kappa shape index (κ3) is 4.34. The van der Waals surface area contributed by atoms with Crippen LogP contribution in [0.4, 0.5) is 15.1 Å². The number of hydrogen-bond donors (Lipinski definition) is 0. The number of benzene rings is 2. The normalized spacial score (nSPS) is 18.3. The summed E-state index contributed by atoms with van der Waals surface area (Å²) < 4.78 is 28.0. The van der Waals surface area contributed by atoms with Crippen LogP contribution in [-0.2, 0) is 34.8 Å². The number of ether oxygens (including phenoxy) is 2. The van der Waals surface area contributed by atoms with E-state index in [0.29, 0.717) is 55.9 Å². The van der Waals surface area contributed by atoms with E-state index in [1.165, 1.54) is 6.07 Å². The molecule has 0 aliphatic carbocycles. The lowest BCUT2D eigenvalue weighted by molar-refractivity contribution is -0.0553. The minimum absolute atomic E-state index is 0.237. The van der Waals surface area contributed by atoms with Crippen LogP contribution in [0.3, 0.4) is 0 Å². The van der Waals surface area contributed by atoms with E-state index in [0.717, 1.165) is 22.4 Å². The minimum Gasteiger partial charge on any atom is -0.444 e. The molecule has 194 valence electrons. The van der Waals surface area contributed by atoms with Crippen molar-refractivity contribution in [3.05, 3.63) is 69.8 Å². The number of carbonyl (C=O) groups excluding carboxylic acids is 1. The van der Waals surface area contributed by atoms with Crippen molar-refractivity contribution in [1.29, 1.82) is 0 Å². The van der Waals surface area contributed by atoms with Gasteiger partial charge in [0.15, 0.2) is 5.82 Å². The highest BCUT2D eigenvalue weighted by Gasteiger charge is 2.44. The molecule has 1 saturated heterocycles. The smallest absolute Gasteiger partial charge is 0.411 e. The number of hydrogen-bond acceptors (Lipinski definition) is 6. The maximum atomic E-state index is 14.0. The van der Waals surface area contributed by atoms with Gasteiger partial charge in [0.1, 0.15) is 11.4 Å². The highest BCUT2D eigenvalue weighted by atomic mass is 35.5. The van der Waals surface area contributed by atoms with E-state index in [1.54, 1.807) is 11.0 Å². The standard InChI is InChI=1S/C27H29ClFN5O3/c1-26(2,3)37-25(35)33-14-18-12-19(28)5-7-22(18)34-23(15-33)30-31-24(34)32-10-8-27(9-11-32)21-13-20(29)6-4-17(21)16-36-27/h4-7,12-13H,8-11,14-16H2,1-3H3. The Balaban J connectivity index is 1.31. The first-order valence-corrected chi connectivity index (χ1v) is 12.9. The zero-order valence-corrected chi connectivity index (χ0v) is 21.9. The van der Waals surface area contributed by atoms with Gasteiger partial charge in [-0.05, 0) is 80.6 Å². The van der Waals surface area contributed by atoms with Crippen LogP contribution in [0.2, 0.25) is 5.02 Å². The molecule has 0 atom stereocenters. The Morgan fingerprint density at radius 2 is 1.86 bits per heavy atom. The van der Waals surface area contributed by atoms with Gasteiger partial charge in [-0.3, -0.25) is 9.47 Å². The maximum absolute atomic E-state index is 14.0. The molecule has 3 aliphatic rings. The monoisotopic (exact) mass is 525 g/mol. The van der Waals surface area contributed by atoms with E-state index in [1.807, 2.05) is 49.6 Å². The number of anilines is 1. The van der Waals surface area contributed by atoms with Crippen molar-refractivity contribution in [2.24, 2.45) is 0 Å². The summed E-state index contributed by atoms with van der Waals surface area (Å²) in [6, 6.07) is 10.6. The van der Waals surface area contributed by atoms with Gasteiger partial charge in [-0.1, -0.05) is 17.7 Å². The third-order valence-electron chi connectivity index (χ3n) is 7.26. The Hall–Kier alpha value is -3.17. The fourth-order valence-electron chi connectivity index (χ4n) is 5.52. The quantitative estimate of drug-likeness (QED) is 0.427. The number of carbonyl (C=O) groups is 1. The average Bonchev–Trinajstić information content (AvgIpc) is 3.35. The van der Waals surface area contributed by atoms with Crippen LogP contribution in [0.5, 0.6) is 0 Å². The van der Waals surface area contributed by atoms with Crippen LogP contribution in [0, 0.1) is 5.82 Å². The molecule has 0 bridgehead atoms. The fraction of sp³-hybridized carbons (Fsp3) is 0.444. The summed E-state index contributed by atoms with van der Waals surface area (Å²) >= 11 is 6.35. The summed E-state index contributed by atoms with van der Waals surface area (Å²) in [7, 11) is 0. The van der Waals surface area contributed by atoms with E-state index in [-0.39, 0.29) is 12.4 Å². The largest absolute Gasteiger partial charge is 0.444 e. The molecule has 4 heterocycles. The summed E-state index contributed by atoms with van der Waals surface area (Å²) in [6.45, 7) is 7.98. The average molecular weight is 526 g/mol. The molecule has 1 amide bonds. The Bertz CT molecular complexity index is 1380. The summed E-state index contributed by atoms with van der Waals surface area (Å²) in [5.41, 5.74) is 2.69. The van der Waals surface area contributed by atoms with Crippen molar-refractivity contribution < 1.29 is 18.7 Å². The molecule has 0 saturated carbocycles. The topological polar surface area (TPSA) is 72.7 Å². The second-order valence-electron chi connectivity index (χ2n) is 10.9. The van der Waals surface area contributed by atoms with Gasteiger partial charge in [0.05, 0.1) is 31.0 Å². The zero-order chi connectivity index (χ0) is 25.9. The van der Waals surface area contributed by atoms with Crippen LogP contribution in [0.15, 0.2) is 36.4 Å². The van der Waals surface area contributed by atoms with Gasteiger partial charge in [0.2, 0.25) is 5.95 Å². The summed E-state index contributed by atoms with van der Waals surface area (Å²) in [4.78, 5) is 16.8. The summed E-state index contributed by atoms with van der Waals surface area (Å²) in [6.07, 6.45) is 1.01. The molecule has 37 heavy (non-hydrogen) atoms. The van der Waals surface area contributed by atoms with Gasteiger partial charge in [0.25, 0.3) is 0 Å². The molecule has 0 N–H and O–H groups in total. The lowest BCUT2D eigenvalue weighted by atomic mass is 9.84. The van der Waals surface area contributed by atoms with Gasteiger partial charge in [-0.2, -0.15) is 0 Å². The number of fused-ring (bicyclic) bond motifs is 5. The van der Waals surface area contributed by atoms with Crippen molar-refractivity contribution in [2.45, 2.75) is 64.5 Å². The van der Waals surface area contributed by atoms with Gasteiger partial charge in [-0.15, -0.1) is 10.2 Å². The molecule has 0 radical (unpaired) electrons. The van der Waals surface area contributed by atoms with Gasteiger partial charge >= 0.3 is 6.09 Å². The molecule has 10 heteroatoms. The molecule has 1 fully saturated rings. The first-order chi connectivity index (χ1) is 17.6. The Morgan fingerprint density at radius 3 is 2.62 bits per heavy atom. The molecule has 3 aromatic rings. The summed E-state index contributed by atoms with van der Waals surface area (Å²) in [5, 5.41) is 9.63. The van der Waals surface area contributed by atoms with Crippen molar-refractivity contribution >= 4 is 23.6 Å². The first kappa shape index (κ1) is 24.2. The van der Waals surface area contributed by atoms with Crippen LogP contribution in [-0.4, -0.2) is 44.4 Å². The molecular weight excluding hydrogens is 497 g/mol. The SMILES string of the molecule is CC(C)(C)OC(=O)N1Cc2cc(Cl)ccc2-n2c(nnc2N2CCC3(CC2)OCc2ccc(F)cc23)C1. The second-order valence-corrected chi connectivity index (χ2v) is 11.4. The second kappa shape index (κ2) is 8.70. The number of amides is 1. The molecule has 3 aliphatic heterocycles. The predicted molar refractivity (Wildman–Crippen MR) is 136 cm³/mol. The van der Waals surface area contributed by atoms with Gasteiger partial charge < -0.3 is 14.4 Å². The number of halogens is 2. The van der Waals surface area contributed by atoms with Gasteiger partial charge in [0, 0.05) is 18.1 Å². The van der Waals surface area contributed by atoms with Crippen molar-refractivity contribution in [1.82, 2.24) is 19.7 Å². The van der Waals surface area contributed by atoms with Crippen LogP contribution >= 0.6 is 11.6 Å². The molecule has 1 aromatic heterocycles. The van der Waals surface area contributed by atoms with Crippen LogP contribution in [0.1, 0.15) is 56.1 Å². The zero-order valence-electron chi connectivity index (χ0n) is 21.1. The Labute approximate surface area is 219 Å². The van der Waals surface area contributed by atoms with Crippen molar-refractivity contribution in [3.63, 3.8) is 0 Å². The van der Waals surface area contributed by atoms with E-state index in [2.05, 4.69) is 15.1 Å². The van der Waals surface area contributed by atoms with E-state index in [9.17, 15) is 9.18 Å². The Kier molecular flexibility index (Phi) is 5.69. The Morgan fingerprint density at radius 1 is 1.08 bits per heavy atom. The third-order valence-corrected chi connectivity index (χ3v) is 7.50. The van der Waals surface area contributed by atoms with E-state index < -0.39 is 17.3 Å². The minimum atomic E-state index is -0.618. The molecular formula is C27H29ClFN5O3. The van der Waals surface area contributed by atoms with E-state index >= 15 is 0 Å². The molecule has 6 rings (SSSR count). The van der Waals surface area contributed by atoms with Crippen LogP contribution < -0.4 is 4.90 Å². The van der Waals surface area contributed by atoms with Crippen molar-refractivity contribution in [3.8, 4) is 5.69 Å². The van der Waals surface area contributed by atoms with E-state index in [4.69, 9.17) is 21.1 Å². The number of rotatable bonds is 1. The highest BCUT2D eigenvalue weighted by Crippen LogP contribution is 2.45. The maximum Gasteiger partial charge on any atom is 0.411 e. The molecule has 2 aromatic carbocycles. The molecule has 0 unspecified atom stereocenters.